The van der Waals surface area contributed by atoms with Gasteiger partial charge in [0.25, 0.3) is 0 Å². The van der Waals surface area contributed by atoms with Crippen molar-refractivity contribution in [2.75, 3.05) is 7.11 Å². The molecular formula is C12H27NO. The van der Waals surface area contributed by atoms with Crippen LogP contribution in [0.4, 0.5) is 0 Å². The van der Waals surface area contributed by atoms with Gasteiger partial charge in [0.15, 0.2) is 0 Å². The van der Waals surface area contributed by atoms with Crippen LogP contribution in [0.5, 0.6) is 0 Å². The van der Waals surface area contributed by atoms with Gasteiger partial charge in [-0.25, -0.2) is 0 Å². The van der Waals surface area contributed by atoms with E-state index in [9.17, 15) is 0 Å². The van der Waals surface area contributed by atoms with Gasteiger partial charge in [0.1, 0.15) is 0 Å². The van der Waals surface area contributed by atoms with Crippen molar-refractivity contribution in [1.82, 2.24) is 0 Å². The van der Waals surface area contributed by atoms with Gasteiger partial charge in [-0.05, 0) is 25.2 Å². The van der Waals surface area contributed by atoms with Crippen molar-refractivity contribution < 1.29 is 4.74 Å². The molecule has 2 N–H and O–H groups in total. The fraction of sp³-hybridized carbons (Fsp3) is 1.00. The largest absolute Gasteiger partial charge is 0.377 e. The molecule has 0 fully saturated rings. The molecule has 2 unspecified atom stereocenters. The molecule has 0 amide bonds. The van der Waals surface area contributed by atoms with Gasteiger partial charge in [0.05, 0.1) is 5.60 Å². The van der Waals surface area contributed by atoms with Crippen molar-refractivity contribution >= 4 is 0 Å². The van der Waals surface area contributed by atoms with Crippen LogP contribution >= 0.6 is 0 Å². The Morgan fingerprint density at radius 1 is 1.21 bits per heavy atom. The van der Waals surface area contributed by atoms with Gasteiger partial charge >= 0.3 is 0 Å². The molecule has 0 rings (SSSR count). The SMILES string of the molecule is CCC(C)CC(N)C(CC)(CC)OC. The van der Waals surface area contributed by atoms with Crippen LogP contribution in [0.2, 0.25) is 0 Å². The van der Waals surface area contributed by atoms with Gasteiger partial charge in [0, 0.05) is 13.2 Å². The first kappa shape index (κ1) is 13.9. The van der Waals surface area contributed by atoms with E-state index in [1.165, 1.54) is 6.42 Å². The number of nitrogens with two attached hydrogens (primary N) is 1. The lowest BCUT2D eigenvalue weighted by molar-refractivity contribution is -0.0424. The van der Waals surface area contributed by atoms with E-state index in [4.69, 9.17) is 10.5 Å². The minimum Gasteiger partial charge on any atom is -0.377 e. The van der Waals surface area contributed by atoms with Crippen LogP contribution in [0.3, 0.4) is 0 Å². The molecule has 0 aromatic rings. The molecule has 0 heterocycles. The summed E-state index contributed by atoms with van der Waals surface area (Å²) in [5.74, 6) is 0.692. The monoisotopic (exact) mass is 201 g/mol. The summed E-state index contributed by atoms with van der Waals surface area (Å²) in [6.07, 6.45) is 4.25. The zero-order valence-electron chi connectivity index (χ0n) is 10.5. The standard InChI is InChI=1S/C12H27NO/c1-6-10(4)9-11(13)12(7-2,8-3)14-5/h10-11H,6-9,13H2,1-5H3. The molecule has 0 aliphatic carbocycles. The highest BCUT2D eigenvalue weighted by molar-refractivity contribution is 4.89. The second-order valence-electron chi connectivity index (χ2n) is 4.33. The average molecular weight is 201 g/mol. The Morgan fingerprint density at radius 3 is 2.00 bits per heavy atom. The average Bonchev–Trinajstić information content (AvgIpc) is 2.21. The molecule has 0 saturated carbocycles. The third-order valence-corrected chi connectivity index (χ3v) is 3.63. The number of rotatable bonds is 7. The van der Waals surface area contributed by atoms with Crippen molar-refractivity contribution in [2.45, 2.75) is 65.0 Å². The van der Waals surface area contributed by atoms with Gasteiger partial charge in [-0.2, -0.15) is 0 Å². The topological polar surface area (TPSA) is 35.2 Å². The second-order valence-corrected chi connectivity index (χ2v) is 4.33. The first-order valence-corrected chi connectivity index (χ1v) is 5.86. The molecule has 2 nitrogen and oxygen atoms in total. The minimum absolute atomic E-state index is 0.108. The smallest absolute Gasteiger partial charge is 0.0823 e. The number of methoxy groups -OCH3 is 1. The maximum absolute atomic E-state index is 6.24. The number of hydrogen-bond acceptors (Lipinski definition) is 2. The summed E-state index contributed by atoms with van der Waals surface area (Å²) in [4.78, 5) is 0. The lowest BCUT2D eigenvalue weighted by Crippen LogP contribution is -2.49. The molecule has 2 atom stereocenters. The maximum atomic E-state index is 6.24. The van der Waals surface area contributed by atoms with Gasteiger partial charge in [0.2, 0.25) is 0 Å². The molecule has 14 heavy (non-hydrogen) atoms. The van der Waals surface area contributed by atoms with Gasteiger partial charge in [-0.15, -0.1) is 0 Å². The van der Waals surface area contributed by atoms with Crippen LogP contribution in [-0.2, 0) is 4.74 Å². The van der Waals surface area contributed by atoms with Crippen molar-refractivity contribution in [2.24, 2.45) is 11.7 Å². The summed E-state index contributed by atoms with van der Waals surface area (Å²) >= 11 is 0. The Balaban J connectivity index is 4.35. The Bertz CT molecular complexity index is 135. The van der Waals surface area contributed by atoms with E-state index in [0.29, 0.717) is 5.92 Å². The molecule has 0 saturated heterocycles. The van der Waals surface area contributed by atoms with Gasteiger partial charge in [-0.1, -0.05) is 34.1 Å². The van der Waals surface area contributed by atoms with E-state index in [1.54, 1.807) is 7.11 Å². The minimum atomic E-state index is -0.108. The number of hydrogen-bond donors (Lipinski definition) is 1. The van der Waals surface area contributed by atoms with E-state index in [0.717, 1.165) is 19.3 Å². The molecule has 0 aromatic carbocycles. The Labute approximate surface area is 89.2 Å². The summed E-state index contributed by atoms with van der Waals surface area (Å²) in [5.41, 5.74) is 6.13. The van der Waals surface area contributed by atoms with Crippen LogP contribution in [0.1, 0.15) is 53.4 Å². The molecule has 0 aliphatic heterocycles. The summed E-state index contributed by atoms with van der Waals surface area (Å²) in [7, 11) is 1.78. The van der Waals surface area contributed by atoms with Crippen molar-refractivity contribution in [1.29, 1.82) is 0 Å². The van der Waals surface area contributed by atoms with E-state index in [2.05, 4.69) is 27.7 Å². The fourth-order valence-electron chi connectivity index (χ4n) is 2.03. The summed E-state index contributed by atoms with van der Waals surface area (Å²) in [6, 6.07) is 0.164. The van der Waals surface area contributed by atoms with Gasteiger partial charge < -0.3 is 10.5 Å². The molecule has 0 aromatic heterocycles. The van der Waals surface area contributed by atoms with E-state index >= 15 is 0 Å². The quantitative estimate of drug-likeness (QED) is 0.687. The predicted octanol–water partition coefficient (Wildman–Crippen LogP) is 2.96. The van der Waals surface area contributed by atoms with Crippen LogP contribution < -0.4 is 5.73 Å². The van der Waals surface area contributed by atoms with E-state index in [1.807, 2.05) is 0 Å². The molecule has 0 aliphatic rings. The fourth-order valence-corrected chi connectivity index (χ4v) is 2.03. The Hall–Kier alpha value is -0.0800. The highest BCUT2D eigenvalue weighted by atomic mass is 16.5. The maximum Gasteiger partial charge on any atom is 0.0823 e. The first-order chi connectivity index (χ1) is 6.56. The van der Waals surface area contributed by atoms with Crippen LogP contribution in [0.15, 0.2) is 0 Å². The zero-order chi connectivity index (χ0) is 11.2. The normalized spacial score (nSPS) is 16.7. The van der Waals surface area contributed by atoms with Crippen LogP contribution in [-0.4, -0.2) is 18.8 Å². The predicted molar refractivity (Wildman–Crippen MR) is 62.4 cm³/mol. The molecule has 2 heteroatoms. The molecular weight excluding hydrogens is 174 g/mol. The summed E-state index contributed by atoms with van der Waals surface area (Å²) in [5, 5.41) is 0. The zero-order valence-corrected chi connectivity index (χ0v) is 10.5. The van der Waals surface area contributed by atoms with Crippen molar-refractivity contribution in [3.63, 3.8) is 0 Å². The number of ether oxygens (including phenoxy) is 1. The van der Waals surface area contributed by atoms with Gasteiger partial charge in [-0.3, -0.25) is 0 Å². The molecule has 0 spiro atoms. The van der Waals surface area contributed by atoms with Crippen LogP contribution in [0, 0.1) is 5.92 Å². The lowest BCUT2D eigenvalue weighted by atomic mass is 9.83. The third kappa shape index (κ3) is 3.25. The highest BCUT2D eigenvalue weighted by Gasteiger charge is 2.33. The van der Waals surface area contributed by atoms with Crippen molar-refractivity contribution in [3.8, 4) is 0 Å². The molecule has 86 valence electrons. The highest BCUT2D eigenvalue weighted by Crippen LogP contribution is 2.27. The van der Waals surface area contributed by atoms with Crippen molar-refractivity contribution in [3.05, 3.63) is 0 Å². The lowest BCUT2D eigenvalue weighted by Gasteiger charge is -2.37. The van der Waals surface area contributed by atoms with E-state index < -0.39 is 0 Å². The Kier molecular flexibility index (Phi) is 6.38. The third-order valence-electron chi connectivity index (χ3n) is 3.63. The molecule has 0 bridgehead atoms. The second kappa shape index (κ2) is 6.41. The summed E-state index contributed by atoms with van der Waals surface area (Å²) < 4.78 is 5.62. The van der Waals surface area contributed by atoms with Crippen LogP contribution in [0.25, 0.3) is 0 Å². The Morgan fingerprint density at radius 2 is 1.71 bits per heavy atom. The molecule has 0 radical (unpaired) electrons. The first-order valence-electron chi connectivity index (χ1n) is 5.86. The van der Waals surface area contributed by atoms with E-state index in [-0.39, 0.29) is 11.6 Å². The summed E-state index contributed by atoms with van der Waals surface area (Å²) in [6.45, 7) is 8.78.